The van der Waals surface area contributed by atoms with Crippen LogP contribution in [0, 0.1) is 0 Å². The summed E-state index contributed by atoms with van der Waals surface area (Å²) in [6.07, 6.45) is 6.24. The maximum atomic E-state index is 6.25. The minimum Gasteiger partial charge on any atom is -0.492 e. The molecule has 25 heavy (non-hydrogen) atoms. The Morgan fingerprint density at radius 2 is 1.60 bits per heavy atom. The molecule has 0 aliphatic heterocycles. The molecule has 0 aliphatic carbocycles. The van der Waals surface area contributed by atoms with E-state index in [1.165, 1.54) is 38.8 Å². The fourth-order valence-corrected chi connectivity index (χ4v) is 3.39. The summed E-state index contributed by atoms with van der Waals surface area (Å²) >= 11 is 12.4. The van der Waals surface area contributed by atoms with Gasteiger partial charge in [0.1, 0.15) is 5.75 Å². The molecule has 0 radical (unpaired) electrons. The summed E-state index contributed by atoms with van der Waals surface area (Å²) in [5, 5.41) is 4.73. The van der Waals surface area contributed by atoms with E-state index in [0.717, 1.165) is 37.4 Å². The highest BCUT2D eigenvalue weighted by molar-refractivity contribution is 6.35. The van der Waals surface area contributed by atoms with E-state index in [0.29, 0.717) is 16.7 Å². The van der Waals surface area contributed by atoms with Crippen LogP contribution in [0.15, 0.2) is 12.1 Å². The van der Waals surface area contributed by atoms with Gasteiger partial charge in [0.15, 0.2) is 0 Å². The summed E-state index contributed by atoms with van der Waals surface area (Å²) in [6, 6.07) is 3.66. The lowest BCUT2D eigenvalue weighted by molar-refractivity contribution is 0.261. The summed E-state index contributed by atoms with van der Waals surface area (Å²) in [4.78, 5) is 2.59. The highest BCUT2D eigenvalue weighted by Gasteiger charge is 2.10. The maximum absolute atomic E-state index is 6.25. The Morgan fingerprint density at radius 1 is 0.960 bits per heavy atom. The number of ether oxygens (including phenoxy) is 1. The summed E-state index contributed by atoms with van der Waals surface area (Å²) in [5.41, 5.74) is 1.02. The van der Waals surface area contributed by atoms with E-state index >= 15 is 0 Å². The van der Waals surface area contributed by atoms with Crippen LogP contribution < -0.4 is 10.1 Å². The van der Waals surface area contributed by atoms with Crippen LogP contribution in [0.4, 0.5) is 0 Å². The number of nitrogens with one attached hydrogen (secondary N) is 1. The van der Waals surface area contributed by atoms with Crippen LogP contribution in [0.3, 0.4) is 0 Å². The topological polar surface area (TPSA) is 24.5 Å². The Morgan fingerprint density at radius 3 is 2.20 bits per heavy atom. The third kappa shape index (κ3) is 9.14. The lowest BCUT2D eigenvalue weighted by Crippen LogP contribution is -2.29. The van der Waals surface area contributed by atoms with E-state index in [9.17, 15) is 0 Å². The second-order valence-electron chi connectivity index (χ2n) is 6.39. The molecule has 0 saturated carbocycles. The van der Waals surface area contributed by atoms with Gasteiger partial charge in [-0.15, -0.1) is 0 Å². The summed E-state index contributed by atoms with van der Waals surface area (Å²) in [5.74, 6) is 0.744. The van der Waals surface area contributed by atoms with Crippen molar-refractivity contribution < 1.29 is 4.74 Å². The molecule has 0 amide bonds. The van der Waals surface area contributed by atoms with Gasteiger partial charge in [-0.05, 0) is 64.5 Å². The fraction of sp³-hybridized carbons (Fsp3) is 0.700. The first-order valence-electron chi connectivity index (χ1n) is 9.66. The Hall–Kier alpha value is -0.480. The quantitative estimate of drug-likeness (QED) is 0.409. The third-order valence-corrected chi connectivity index (χ3v) is 4.67. The third-order valence-electron chi connectivity index (χ3n) is 4.17. The zero-order chi connectivity index (χ0) is 18.5. The van der Waals surface area contributed by atoms with Crippen molar-refractivity contribution in [1.82, 2.24) is 10.2 Å². The number of hydrogen-bond donors (Lipinski definition) is 1. The van der Waals surface area contributed by atoms with E-state index < -0.39 is 0 Å². The molecule has 1 rings (SSSR count). The van der Waals surface area contributed by atoms with Gasteiger partial charge in [0, 0.05) is 17.1 Å². The second kappa shape index (κ2) is 13.7. The van der Waals surface area contributed by atoms with Crippen molar-refractivity contribution in [1.29, 1.82) is 0 Å². The number of unbranched alkanes of at least 4 members (excludes halogenated alkanes) is 2. The van der Waals surface area contributed by atoms with Crippen molar-refractivity contribution in [2.45, 2.75) is 59.4 Å². The summed E-state index contributed by atoms with van der Waals surface area (Å²) in [7, 11) is 0. The molecule has 1 aromatic rings. The molecule has 144 valence electrons. The van der Waals surface area contributed by atoms with E-state index in [1.54, 1.807) is 6.07 Å². The standard InChI is InChI=1S/C20H34Cl2N2O/c1-4-7-11-24(12-8-5-2)13-9-10-23-16-17-14-18(21)15-19(22)20(17)25-6-3/h14-15,23H,4-13,16H2,1-3H3. The van der Waals surface area contributed by atoms with E-state index in [-0.39, 0.29) is 0 Å². The Kier molecular flexibility index (Phi) is 12.4. The molecule has 0 unspecified atom stereocenters. The molecular formula is C20H34Cl2N2O. The SMILES string of the molecule is CCCCN(CCCC)CCCNCc1cc(Cl)cc(Cl)c1OCC. The van der Waals surface area contributed by atoms with Crippen molar-refractivity contribution >= 4 is 23.2 Å². The van der Waals surface area contributed by atoms with Crippen molar-refractivity contribution in [2.75, 3.05) is 32.8 Å². The average molecular weight is 389 g/mol. The van der Waals surface area contributed by atoms with Crippen LogP contribution in [-0.2, 0) is 6.54 Å². The van der Waals surface area contributed by atoms with Crippen molar-refractivity contribution in [3.63, 3.8) is 0 Å². The molecule has 1 aromatic carbocycles. The summed E-state index contributed by atoms with van der Waals surface area (Å²) < 4.78 is 5.67. The molecule has 0 aliphatic rings. The number of halogens is 2. The Labute approximate surface area is 164 Å². The van der Waals surface area contributed by atoms with Gasteiger partial charge in [-0.25, -0.2) is 0 Å². The van der Waals surface area contributed by atoms with Gasteiger partial charge >= 0.3 is 0 Å². The monoisotopic (exact) mass is 388 g/mol. The predicted molar refractivity (Wildman–Crippen MR) is 110 cm³/mol. The lowest BCUT2D eigenvalue weighted by atomic mass is 10.2. The van der Waals surface area contributed by atoms with Crippen LogP contribution in [-0.4, -0.2) is 37.7 Å². The van der Waals surface area contributed by atoms with Crippen molar-refractivity contribution in [2.24, 2.45) is 0 Å². The predicted octanol–water partition coefficient (Wildman–Crippen LogP) is 5.77. The van der Waals surface area contributed by atoms with Crippen molar-refractivity contribution in [3.8, 4) is 5.75 Å². The van der Waals surface area contributed by atoms with Crippen LogP contribution in [0.5, 0.6) is 5.75 Å². The second-order valence-corrected chi connectivity index (χ2v) is 7.23. The van der Waals surface area contributed by atoms with Gasteiger partial charge in [-0.3, -0.25) is 0 Å². The fourth-order valence-electron chi connectivity index (χ4n) is 2.80. The molecule has 0 fully saturated rings. The van der Waals surface area contributed by atoms with Gasteiger partial charge in [-0.1, -0.05) is 49.9 Å². The van der Waals surface area contributed by atoms with Gasteiger partial charge in [0.2, 0.25) is 0 Å². The lowest BCUT2D eigenvalue weighted by Gasteiger charge is -2.22. The molecule has 0 heterocycles. The molecule has 1 N–H and O–H groups in total. The molecule has 0 saturated heterocycles. The van der Waals surface area contributed by atoms with E-state index in [4.69, 9.17) is 27.9 Å². The molecule has 0 aromatic heterocycles. The first kappa shape index (κ1) is 22.6. The molecule has 0 bridgehead atoms. The van der Waals surface area contributed by atoms with Gasteiger partial charge in [-0.2, -0.15) is 0 Å². The minimum absolute atomic E-state index is 0.580. The number of hydrogen-bond acceptors (Lipinski definition) is 3. The zero-order valence-electron chi connectivity index (χ0n) is 16.0. The highest BCUT2D eigenvalue weighted by atomic mass is 35.5. The summed E-state index contributed by atoms with van der Waals surface area (Å²) in [6.45, 7) is 12.4. The van der Waals surface area contributed by atoms with Crippen LogP contribution >= 0.6 is 23.2 Å². The first-order chi connectivity index (χ1) is 12.1. The Balaban J connectivity index is 2.41. The number of benzene rings is 1. The molecular weight excluding hydrogens is 355 g/mol. The molecule has 3 nitrogen and oxygen atoms in total. The highest BCUT2D eigenvalue weighted by Crippen LogP contribution is 2.32. The van der Waals surface area contributed by atoms with Crippen LogP contribution in [0.1, 0.15) is 58.4 Å². The molecule has 0 spiro atoms. The van der Waals surface area contributed by atoms with Gasteiger partial charge in [0.05, 0.1) is 11.6 Å². The smallest absolute Gasteiger partial charge is 0.142 e. The van der Waals surface area contributed by atoms with E-state index in [1.807, 2.05) is 13.0 Å². The zero-order valence-corrected chi connectivity index (χ0v) is 17.6. The first-order valence-corrected chi connectivity index (χ1v) is 10.4. The largest absolute Gasteiger partial charge is 0.492 e. The number of rotatable bonds is 14. The van der Waals surface area contributed by atoms with Gasteiger partial charge in [0.25, 0.3) is 0 Å². The van der Waals surface area contributed by atoms with Crippen LogP contribution in [0.25, 0.3) is 0 Å². The van der Waals surface area contributed by atoms with E-state index in [2.05, 4.69) is 24.1 Å². The number of nitrogens with zero attached hydrogens (tertiary/aromatic N) is 1. The normalized spacial score (nSPS) is 11.3. The van der Waals surface area contributed by atoms with Crippen molar-refractivity contribution in [3.05, 3.63) is 27.7 Å². The Bertz CT molecular complexity index is 475. The molecule has 5 heteroatoms. The average Bonchev–Trinajstić information content (AvgIpc) is 2.59. The van der Waals surface area contributed by atoms with Crippen LogP contribution in [0.2, 0.25) is 10.0 Å². The maximum Gasteiger partial charge on any atom is 0.142 e. The van der Waals surface area contributed by atoms with Gasteiger partial charge < -0.3 is 15.0 Å². The minimum atomic E-state index is 0.580. The molecule has 0 atom stereocenters.